The lowest BCUT2D eigenvalue weighted by molar-refractivity contribution is -0.122. The van der Waals surface area contributed by atoms with Gasteiger partial charge in [-0.15, -0.1) is 0 Å². The van der Waals surface area contributed by atoms with Crippen LogP contribution in [0.1, 0.15) is 43.7 Å². The molecule has 1 aromatic rings. The third-order valence-electron chi connectivity index (χ3n) is 4.64. The Morgan fingerprint density at radius 2 is 2.14 bits per heavy atom. The second kappa shape index (κ2) is 8.30. The lowest BCUT2D eigenvalue weighted by Crippen LogP contribution is -2.31. The topological polar surface area (TPSA) is 58.4 Å². The van der Waals surface area contributed by atoms with E-state index < -0.39 is 0 Å². The SMILES string of the molecule is CCN(C)Cc1cccc(CNC(=O)C[C@@H]2CCC[C@H]2N)c1. The molecule has 1 fully saturated rings. The minimum absolute atomic E-state index is 0.124. The fraction of sp³-hybridized carbons (Fsp3) is 0.611. The van der Waals surface area contributed by atoms with Gasteiger partial charge in [-0.1, -0.05) is 37.6 Å². The molecule has 0 unspecified atom stereocenters. The van der Waals surface area contributed by atoms with Crippen LogP contribution in [0.25, 0.3) is 0 Å². The minimum atomic E-state index is 0.124. The van der Waals surface area contributed by atoms with Crippen LogP contribution >= 0.6 is 0 Å². The van der Waals surface area contributed by atoms with Gasteiger partial charge in [0.15, 0.2) is 0 Å². The van der Waals surface area contributed by atoms with Gasteiger partial charge in [-0.05, 0) is 43.5 Å². The predicted molar refractivity (Wildman–Crippen MR) is 90.2 cm³/mol. The number of hydrogen-bond donors (Lipinski definition) is 2. The first-order chi connectivity index (χ1) is 10.6. The van der Waals surface area contributed by atoms with Gasteiger partial charge in [0.25, 0.3) is 0 Å². The normalized spacial score (nSPS) is 21.3. The zero-order valence-electron chi connectivity index (χ0n) is 13.8. The molecule has 1 saturated carbocycles. The van der Waals surface area contributed by atoms with Crippen molar-refractivity contribution in [2.24, 2.45) is 11.7 Å². The fourth-order valence-corrected chi connectivity index (χ4v) is 3.09. The van der Waals surface area contributed by atoms with Crippen molar-refractivity contribution < 1.29 is 4.79 Å². The summed E-state index contributed by atoms with van der Waals surface area (Å²) in [6.07, 6.45) is 3.88. The maximum Gasteiger partial charge on any atom is 0.220 e. The van der Waals surface area contributed by atoms with E-state index in [0.717, 1.165) is 37.9 Å². The van der Waals surface area contributed by atoms with Crippen molar-refractivity contribution in [1.82, 2.24) is 10.2 Å². The van der Waals surface area contributed by atoms with Crippen molar-refractivity contribution in [2.75, 3.05) is 13.6 Å². The van der Waals surface area contributed by atoms with Crippen molar-refractivity contribution in [3.63, 3.8) is 0 Å². The van der Waals surface area contributed by atoms with E-state index in [1.165, 1.54) is 5.56 Å². The Labute approximate surface area is 134 Å². The summed E-state index contributed by atoms with van der Waals surface area (Å²) in [5, 5.41) is 3.03. The molecule has 2 rings (SSSR count). The Hall–Kier alpha value is -1.39. The average molecular weight is 303 g/mol. The first-order valence-corrected chi connectivity index (χ1v) is 8.37. The van der Waals surface area contributed by atoms with Gasteiger partial charge in [0.05, 0.1) is 0 Å². The highest BCUT2D eigenvalue weighted by atomic mass is 16.1. The summed E-state index contributed by atoms with van der Waals surface area (Å²) < 4.78 is 0. The highest BCUT2D eigenvalue weighted by molar-refractivity contribution is 5.76. The molecule has 0 saturated heterocycles. The zero-order valence-corrected chi connectivity index (χ0v) is 13.8. The first-order valence-electron chi connectivity index (χ1n) is 8.37. The Morgan fingerprint density at radius 1 is 1.36 bits per heavy atom. The molecular weight excluding hydrogens is 274 g/mol. The molecule has 1 aliphatic rings. The monoisotopic (exact) mass is 303 g/mol. The van der Waals surface area contributed by atoms with E-state index in [9.17, 15) is 4.79 Å². The molecular formula is C18H29N3O. The Kier molecular flexibility index (Phi) is 6.40. The molecule has 0 heterocycles. The van der Waals surface area contributed by atoms with Crippen LogP contribution in [0.3, 0.4) is 0 Å². The lowest BCUT2D eigenvalue weighted by Gasteiger charge is -2.16. The van der Waals surface area contributed by atoms with Gasteiger partial charge in [0, 0.05) is 25.6 Å². The predicted octanol–water partition coefficient (Wildman–Crippen LogP) is 2.27. The third-order valence-corrected chi connectivity index (χ3v) is 4.64. The smallest absolute Gasteiger partial charge is 0.220 e. The molecule has 0 aromatic heterocycles. The van der Waals surface area contributed by atoms with E-state index in [2.05, 4.69) is 48.5 Å². The van der Waals surface area contributed by atoms with E-state index >= 15 is 0 Å². The number of nitrogens with one attached hydrogen (secondary N) is 1. The van der Waals surface area contributed by atoms with Crippen LogP contribution in [-0.4, -0.2) is 30.4 Å². The third kappa shape index (κ3) is 5.11. The van der Waals surface area contributed by atoms with Gasteiger partial charge < -0.3 is 16.0 Å². The van der Waals surface area contributed by atoms with Crippen LogP contribution in [0.2, 0.25) is 0 Å². The van der Waals surface area contributed by atoms with E-state index in [4.69, 9.17) is 5.73 Å². The van der Waals surface area contributed by atoms with Crippen LogP contribution in [0, 0.1) is 5.92 Å². The maximum atomic E-state index is 12.1. The fourth-order valence-electron chi connectivity index (χ4n) is 3.09. The number of rotatable bonds is 7. The molecule has 0 aliphatic heterocycles. The van der Waals surface area contributed by atoms with E-state index in [1.54, 1.807) is 0 Å². The maximum absolute atomic E-state index is 12.1. The minimum Gasteiger partial charge on any atom is -0.352 e. The van der Waals surface area contributed by atoms with Crippen LogP contribution in [-0.2, 0) is 17.9 Å². The summed E-state index contributed by atoms with van der Waals surface area (Å²) in [5.74, 6) is 0.489. The number of amides is 1. The molecule has 1 aromatic carbocycles. The Morgan fingerprint density at radius 3 is 2.82 bits per heavy atom. The first kappa shape index (κ1) is 17.0. The summed E-state index contributed by atoms with van der Waals surface area (Å²) in [5.41, 5.74) is 8.47. The average Bonchev–Trinajstić information content (AvgIpc) is 2.90. The standard InChI is InChI=1S/C18H29N3O/c1-3-21(2)13-15-7-4-6-14(10-15)12-20-18(22)11-16-8-5-9-17(16)19/h4,6-7,10,16-17H,3,5,8-9,11-13,19H2,1-2H3,(H,20,22)/t16-,17+/m0/s1. The highest BCUT2D eigenvalue weighted by Gasteiger charge is 2.25. The van der Waals surface area contributed by atoms with Crippen molar-refractivity contribution in [1.29, 1.82) is 0 Å². The van der Waals surface area contributed by atoms with Gasteiger partial charge in [-0.25, -0.2) is 0 Å². The molecule has 0 bridgehead atoms. The van der Waals surface area contributed by atoms with E-state index in [-0.39, 0.29) is 11.9 Å². The van der Waals surface area contributed by atoms with E-state index in [1.807, 2.05) is 0 Å². The van der Waals surface area contributed by atoms with Crippen molar-refractivity contribution in [3.05, 3.63) is 35.4 Å². The van der Waals surface area contributed by atoms with Crippen LogP contribution in [0.4, 0.5) is 0 Å². The van der Waals surface area contributed by atoms with Crippen LogP contribution in [0.5, 0.6) is 0 Å². The Balaban J connectivity index is 1.80. The van der Waals surface area contributed by atoms with Crippen molar-refractivity contribution in [2.45, 2.75) is 51.7 Å². The largest absolute Gasteiger partial charge is 0.352 e. The number of benzene rings is 1. The van der Waals surface area contributed by atoms with Gasteiger partial charge >= 0.3 is 0 Å². The van der Waals surface area contributed by atoms with Crippen molar-refractivity contribution >= 4 is 5.91 Å². The van der Waals surface area contributed by atoms with Crippen LogP contribution < -0.4 is 11.1 Å². The summed E-state index contributed by atoms with van der Waals surface area (Å²) >= 11 is 0. The van der Waals surface area contributed by atoms with Crippen LogP contribution in [0.15, 0.2) is 24.3 Å². The summed E-state index contributed by atoms with van der Waals surface area (Å²) in [6, 6.07) is 8.64. The second-order valence-electron chi connectivity index (χ2n) is 6.49. The molecule has 2 atom stereocenters. The zero-order chi connectivity index (χ0) is 15.9. The van der Waals surface area contributed by atoms with Gasteiger partial charge in [0.2, 0.25) is 5.91 Å². The van der Waals surface area contributed by atoms with Gasteiger partial charge in [-0.3, -0.25) is 4.79 Å². The Bertz CT molecular complexity index is 489. The number of carbonyl (C=O) groups excluding carboxylic acids is 1. The summed E-state index contributed by atoms with van der Waals surface area (Å²) in [6.45, 7) is 4.72. The molecule has 0 spiro atoms. The molecule has 1 aliphatic carbocycles. The quantitative estimate of drug-likeness (QED) is 0.812. The second-order valence-corrected chi connectivity index (χ2v) is 6.49. The molecule has 0 radical (unpaired) electrons. The molecule has 122 valence electrons. The molecule has 1 amide bonds. The number of nitrogens with two attached hydrogens (primary N) is 1. The van der Waals surface area contributed by atoms with Gasteiger partial charge in [-0.2, -0.15) is 0 Å². The molecule has 4 nitrogen and oxygen atoms in total. The number of carbonyl (C=O) groups is 1. The summed E-state index contributed by atoms with van der Waals surface area (Å²) in [7, 11) is 2.11. The molecule has 3 N–H and O–H groups in total. The lowest BCUT2D eigenvalue weighted by atomic mass is 10.00. The number of hydrogen-bond acceptors (Lipinski definition) is 3. The molecule has 4 heteroatoms. The van der Waals surface area contributed by atoms with Crippen molar-refractivity contribution in [3.8, 4) is 0 Å². The van der Waals surface area contributed by atoms with Gasteiger partial charge in [0.1, 0.15) is 0 Å². The molecule has 22 heavy (non-hydrogen) atoms. The van der Waals surface area contributed by atoms with E-state index in [0.29, 0.717) is 18.9 Å². The number of nitrogens with zero attached hydrogens (tertiary/aromatic N) is 1. The highest BCUT2D eigenvalue weighted by Crippen LogP contribution is 2.26. The summed E-state index contributed by atoms with van der Waals surface area (Å²) in [4.78, 5) is 14.3.